The smallest absolute Gasteiger partial charge is 0.224 e. The molecule has 0 heterocycles. The molecule has 0 spiro atoms. The molecule has 0 atom stereocenters. The third kappa shape index (κ3) is 8.81. The number of carbonyl (C=O) groups excluding carboxylic acids is 1. The van der Waals surface area contributed by atoms with Crippen molar-refractivity contribution in [1.82, 2.24) is 15.1 Å². The predicted molar refractivity (Wildman–Crippen MR) is 127 cm³/mol. The fourth-order valence-corrected chi connectivity index (χ4v) is 2.80. The van der Waals surface area contributed by atoms with Gasteiger partial charge in [-0.05, 0) is 30.2 Å². The minimum atomic E-state index is -0.245. The Balaban J connectivity index is 0.00000420. The summed E-state index contributed by atoms with van der Waals surface area (Å²) in [6.07, 6.45) is 0.350. The van der Waals surface area contributed by atoms with Crippen LogP contribution in [-0.2, 0) is 17.9 Å². The van der Waals surface area contributed by atoms with Gasteiger partial charge in [0.1, 0.15) is 5.82 Å². The van der Waals surface area contributed by atoms with Crippen LogP contribution < -0.4 is 5.32 Å². The Morgan fingerprint density at radius 2 is 1.55 bits per heavy atom. The fourth-order valence-electron chi connectivity index (χ4n) is 2.80. The second-order valence-corrected chi connectivity index (χ2v) is 6.70. The monoisotopic (exact) mass is 512 g/mol. The summed E-state index contributed by atoms with van der Waals surface area (Å²) in [5.41, 5.74) is 2.10. The van der Waals surface area contributed by atoms with Crippen LogP contribution in [0.5, 0.6) is 0 Å². The first kappa shape index (κ1) is 24.9. The van der Waals surface area contributed by atoms with Gasteiger partial charge in [0.25, 0.3) is 0 Å². The summed E-state index contributed by atoms with van der Waals surface area (Å²) in [5.74, 6) is 0.542. The molecule has 0 aliphatic heterocycles. The zero-order chi connectivity index (χ0) is 20.4. The molecule has 7 heteroatoms. The van der Waals surface area contributed by atoms with Crippen LogP contribution in [0.1, 0.15) is 24.5 Å². The van der Waals surface area contributed by atoms with Gasteiger partial charge in [-0.1, -0.05) is 42.5 Å². The lowest BCUT2D eigenvalue weighted by molar-refractivity contribution is -0.130. The van der Waals surface area contributed by atoms with Gasteiger partial charge in [0.2, 0.25) is 5.91 Å². The molecule has 1 N–H and O–H groups in total. The quantitative estimate of drug-likeness (QED) is 0.332. The molecule has 0 aliphatic rings. The van der Waals surface area contributed by atoms with Gasteiger partial charge in [0.05, 0.1) is 6.54 Å². The lowest BCUT2D eigenvalue weighted by Crippen LogP contribution is -2.38. The maximum Gasteiger partial charge on any atom is 0.224 e. The van der Waals surface area contributed by atoms with Crippen molar-refractivity contribution >= 4 is 35.8 Å². The molecule has 1 amide bonds. The Bertz CT molecular complexity index is 768. The summed E-state index contributed by atoms with van der Waals surface area (Å²) in [5, 5.41) is 3.23. The normalized spacial score (nSPS) is 10.8. The van der Waals surface area contributed by atoms with Crippen molar-refractivity contribution in [1.29, 1.82) is 0 Å². The van der Waals surface area contributed by atoms with Gasteiger partial charge in [-0.2, -0.15) is 0 Å². The summed E-state index contributed by atoms with van der Waals surface area (Å²) in [4.78, 5) is 20.6. The van der Waals surface area contributed by atoms with E-state index in [4.69, 9.17) is 0 Å². The third-order valence-electron chi connectivity index (χ3n) is 4.31. The molecule has 0 aliphatic carbocycles. The lowest BCUT2D eigenvalue weighted by Gasteiger charge is -2.22. The first-order valence-electron chi connectivity index (χ1n) is 9.51. The molecule has 0 bridgehead atoms. The topological polar surface area (TPSA) is 47.9 Å². The Morgan fingerprint density at radius 1 is 0.966 bits per heavy atom. The van der Waals surface area contributed by atoms with E-state index in [9.17, 15) is 9.18 Å². The molecule has 158 valence electrons. The number of halogens is 2. The van der Waals surface area contributed by atoms with Crippen LogP contribution in [0, 0.1) is 5.82 Å². The van der Waals surface area contributed by atoms with E-state index in [-0.39, 0.29) is 35.7 Å². The average Bonchev–Trinajstić information content (AvgIpc) is 2.69. The van der Waals surface area contributed by atoms with E-state index in [1.165, 1.54) is 12.1 Å². The minimum Gasteiger partial charge on any atom is -0.357 e. The molecule has 2 aromatic carbocycles. The van der Waals surface area contributed by atoms with Crippen LogP contribution >= 0.6 is 24.0 Å². The number of guanidine groups is 1. The van der Waals surface area contributed by atoms with E-state index in [1.807, 2.05) is 56.3 Å². The number of carbonyl (C=O) groups is 1. The maximum absolute atomic E-state index is 13.1. The molecule has 29 heavy (non-hydrogen) atoms. The lowest BCUT2D eigenvalue weighted by atomic mass is 10.2. The molecule has 2 rings (SSSR count). The number of aliphatic imine (C=N–C) groups is 1. The highest BCUT2D eigenvalue weighted by atomic mass is 127. The number of hydrogen-bond acceptors (Lipinski definition) is 2. The van der Waals surface area contributed by atoms with Gasteiger partial charge in [0.15, 0.2) is 5.96 Å². The van der Waals surface area contributed by atoms with Crippen LogP contribution in [-0.4, -0.2) is 48.9 Å². The minimum absolute atomic E-state index is 0. The van der Waals surface area contributed by atoms with E-state index in [0.29, 0.717) is 26.1 Å². The molecule has 0 radical (unpaired) electrons. The molecule has 0 aromatic heterocycles. The SMILES string of the molecule is CCNC(=NCCC(=O)N(C)Cc1ccccc1)N(C)Cc1ccc(F)cc1.I. The Kier molecular flexibility index (Phi) is 11.3. The molecule has 2 aromatic rings. The highest BCUT2D eigenvalue weighted by Crippen LogP contribution is 2.07. The third-order valence-corrected chi connectivity index (χ3v) is 4.31. The van der Waals surface area contributed by atoms with E-state index in [1.54, 1.807) is 17.0 Å². The number of nitrogens with one attached hydrogen (secondary N) is 1. The summed E-state index contributed by atoms with van der Waals surface area (Å²) >= 11 is 0. The Labute approximate surface area is 190 Å². The maximum atomic E-state index is 13.1. The summed E-state index contributed by atoms with van der Waals surface area (Å²) in [6, 6.07) is 16.4. The van der Waals surface area contributed by atoms with E-state index < -0.39 is 0 Å². The summed E-state index contributed by atoms with van der Waals surface area (Å²) in [7, 11) is 3.74. The zero-order valence-electron chi connectivity index (χ0n) is 17.3. The standard InChI is InChI=1S/C22H29FN4O.HI/c1-4-24-22(27(3)17-19-10-12-20(23)13-11-19)25-15-14-21(28)26(2)16-18-8-6-5-7-9-18;/h5-13H,4,14-17H2,1-3H3,(H,24,25);1H. The number of nitrogens with zero attached hydrogens (tertiary/aromatic N) is 3. The molecule has 0 fully saturated rings. The number of rotatable bonds is 8. The van der Waals surface area contributed by atoms with E-state index in [2.05, 4.69) is 10.3 Å². The molecule has 0 saturated heterocycles. The molecular weight excluding hydrogens is 482 g/mol. The highest BCUT2D eigenvalue weighted by molar-refractivity contribution is 14.0. The van der Waals surface area contributed by atoms with Gasteiger partial charge in [-0.25, -0.2) is 4.39 Å². The van der Waals surface area contributed by atoms with E-state index >= 15 is 0 Å². The van der Waals surface area contributed by atoms with Crippen molar-refractivity contribution in [2.75, 3.05) is 27.2 Å². The second kappa shape index (κ2) is 13.1. The van der Waals surface area contributed by atoms with Crippen molar-refractivity contribution in [3.05, 3.63) is 71.5 Å². The van der Waals surface area contributed by atoms with Gasteiger partial charge < -0.3 is 15.1 Å². The van der Waals surface area contributed by atoms with Gasteiger partial charge in [-0.3, -0.25) is 9.79 Å². The predicted octanol–water partition coefficient (Wildman–Crippen LogP) is 3.89. The first-order valence-corrected chi connectivity index (χ1v) is 9.51. The van der Waals surface area contributed by atoms with Crippen molar-refractivity contribution in [3.63, 3.8) is 0 Å². The highest BCUT2D eigenvalue weighted by Gasteiger charge is 2.10. The van der Waals surface area contributed by atoms with Crippen molar-refractivity contribution < 1.29 is 9.18 Å². The summed E-state index contributed by atoms with van der Waals surface area (Å²) in [6.45, 7) is 4.34. The van der Waals surface area contributed by atoms with Crippen LogP contribution in [0.3, 0.4) is 0 Å². The van der Waals surface area contributed by atoms with E-state index in [0.717, 1.165) is 23.6 Å². The van der Waals surface area contributed by atoms with Gasteiger partial charge in [-0.15, -0.1) is 24.0 Å². The van der Waals surface area contributed by atoms with Crippen LogP contribution in [0.25, 0.3) is 0 Å². The van der Waals surface area contributed by atoms with Crippen LogP contribution in [0.15, 0.2) is 59.6 Å². The van der Waals surface area contributed by atoms with Crippen LogP contribution in [0.4, 0.5) is 4.39 Å². The van der Waals surface area contributed by atoms with Gasteiger partial charge >= 0.3 is 0 Å². The first-order chi connectivity index (χ1) is 13.5. The Hall–Kier alpha value is -2.16. The molecule has 5 nitrogen and oxygen atoms in total. The average molecular weight is 512 g/mol. The largest absolute Gasteiger partial charge is 0.357 e. The van der Waals surface area contributed by atoms with Crippen LogP contribution in [0.2, 0.25) is 0 Å². The van der Waals surface area contributed by atoms with Gasteiger partial charge in [0, 0.05) is 40.2 Å². The molecular formula is C22H30FIN4O. The number of hydrogen-bond donors (Lipinski definition) is 1. The van der Waals surface area contributed by atoms with Crippen molar-refractivity contribution in [2.24, 2.45) is 4.99 Å². The fraction of sp³-hybridized carbons (Fsp3) is 0.364. The summed E-state index contributed by atoms with van der Waals surface area (Å²) < 4.78 is 13.1. The number of benzene rings is 2. The number of amides is 1. The Morgan fingerprint density at radius 3 is 2.17 bits per heavy atom. The zero-order valence-corrected chi connectivity index (χ0v) is 19.6. The molecule has 0 saturated carbocycles. The van der Waals surface area contributed by atoms with Crippen molar-refractivity contribution in [3.8, 4) is 0 Å². The molecule has 0 unspecified atom stereocenters. The second-order valence-electron chi connectivity index (χ2n) is 6.70. The van der Waals surface area contributed by atoms with Crippen molar-refractivity contribution in [2.45, 2.75) is 26.4 Å².